The monoisotopic (exact) mass is 351 g/mol. The first-order chi connectivity index (χ1) is 12.3. The van der Waals surface area contributed by atoms with Crippen LogP contribution >= 0.6 is 0 Å². The third kappa shape index (κ3) is 10.8. The number of hydrogen-bond acceptors (Lipinski definition) is 4. The minimum atomic E-state index is 0.122. The zero-order valence-electron chi connectivity index (χ0n) is 15.8. The maximum absolute atomic E-state index is 5.86. The third-order valence-corrected chi connectivity index (χ3v) is 3.66. The maximum atomic E-state index is 5.86. The topological polar surface area (TPSA) is 64.1 Å². The van der Waals surface area contributed by atoms with Crippen LogP contribution < -0.4 is 10.6 Å². The van der Waals surface area contributed by atoms with Crippen molar-refractivity contribution in [3.8, 4) is 0 Å². The Morgan fingerprint density at radius 2 is 1.68 bits per heavy atom. The number of ether oxygens (including phenoxy) is 3. The molecule has 2 N–H and O–H groups in total. The van der Waals surface area contributed by atoms with Crippen molar-refractivity contribution in [2.45, 2.75) is 25.9 Å². The van der Waals surface area contributed by atoms with E-state index in [1.165, 1.54) is 5.56 Å². The van der Waals surface area contributed by atoms with Crippen LogP contribution in [0, 0.1) is 0 Å². The Labute approximate surface area is 152 Å². The molecule has 6 nitrogen and oxygen atoms in total. The van der Waals surface area contributed by atoms with Crippen molar-refractivity contribution in [3.05, 3.63) is 35.9 Å². The molecule has 0 radical (unpaired) electrons. The highest BCUT2D eigenvalue weighted by atomic mass is 16.5. The van der Waals surface area contributed by atoms with Crippen LogP contribution in [-0.2, 0) is 14.2 Å². The molecule has 0 spiro atoms. The Bertz CT molecular complexity index is 454. The van der Waals surface area contributed by atoms with E-state index in [4.69, 9.17) is 14.2 Å². The maximum Gasteiger partial charge on any atom is 0.190 e. The van der Waals surface area contributed by atoms with E-state index in [-0.39, 0.29) is 6.10 Å². The second kappa shape index (κ2) is 14.7. The highest BCUT2D eigenvalue weighted by Crippen LogP contribution is 2.15. The fourth-order valence-corrected chi connectivity index (χ4v) is 2.21. The summed E-state index contributed by atoms with van der Waals surface area (Å²) in [5.74, 6) is 0.813. The minimum Gasteiger partial charge on any atom is -0.382 e. The lowest BCUT2D eigenvalue weighted by atomic mass is 10.1. The largest absolute Gasteiger partial charge is 0.382 e. The van der Waals surface area contributed by atoms with E-state index in [2.05, 4.69) is 34.7 Å². The summed E-state index contributed by atoms with van der Waals surface area (Å²) in [5.41, 5.74) is 1.21. The minimum absolute atomic E-state index is 0.122. The first kappa shape index (κ1) is 21.4. The van der Waals surface area contributed by atoms with Gasteiger partial charge >= 0.3 is 0 Å². The number of benzene rings is 1. The van der Waals surface area contributed by atoms with Gasteiger partial charge in [0, 0.05) is 40.5 Å². The second-order valence-electron chi connectivity index (χ2n) is 5.66. The molecule has 1 aromatic rings. The van der Waals surface area contributed by atoms with Crippen LogP contribution in [0.3, 0.4) is 0 Å². The SMILES string of the molecule is CN=C(NCCCOCCOC)NCCCOC(C)c1ccccc1. The van der Waals surface area contributed by atoms with Crippen molar-refractivity contribution in [1.29, 1.82) is 0 Å². The summed E-state index contributed by atoms with van der Waals surface area (Å²) in [4.78, 5) is 4.21. The van der Waals surface area contributed by atoms with E-state index in [9.17, 15) is 0 Å². The second-order valence-corrected chi connectivity index (χ2v) is 5.66. The molecule has 0 aliphatic rings. The van der Waals surface area contributed by atoms with Crippen molar-refractivity contribution >= 4 is 5.96 Å². The highest BCUT2D eigenvalue weighted by molar-refractivity contribution is 5.79. The quantitative estimate of drug-likeness (QED) is 0.324. The zero-order chi connectivity index (χ0) is 18.2. The molecule has 0 aliphatic carbocycles. The van der Waals surface area contributed by atoms with Gasteiger partial charge in [-0.15, -0.1) is 0 Å². The molecule has 1 unspecified atom stereocenters. The predicted molar refractivity (Wildman–Crippen MR) is 102 cm³/mol. The fraction of sp³-hybridized carbons (Fsp3) is 0.632. The van der Waals surface area contributed by atoms with Crippen molar-refractivity contribution in [1.82, 2.24) is 10.6 Å². The summed E-state index contributed by atoms with van der Waals surface area (Å²) in [5, 5.41) is 6.56. The molecule has 142 valence electrons. The Hall–Kier alpha value is -1.63. The number of methoxy groups -OCH3 is 1. The van der Waals surface area contributed by atoms with Crippen molar-refractivity contribution in [2.24, 2.45) is 4.99 Å². The van der Waals surface area contributed by atoms with Crippen LogP contribution in [0.15, 0.2) is 35.3 Å². The molecular formula is C19H33N3O3. The van der Waals surface area contributed by atoms with Gasteiger partial charge in [-0.05, 0) is 25.3 Å². The first-order valence-corrected chi connectivity index (χ1v) is 8.95. The van der Waals surface area contributed by atoms with E-state index in [0.717, 1.165) is 38.5 Å². The summed E-state index contributed by atoms with van der Waals surface area (Å²) in [7, 11) is 3.45. The molecule has 6 heteroatoms. The van der Waals surface area contributed by atoms with E-state index < -0.39 is 0 Å². The molecule has 0 heterocycles. The highest BCUT2D eigenvalue weighted by Gasteiger charge is 2.04. The summed E-state index contributed by atoms with van der Waals surface area (Å²) in [6.07, 6.45) is 1.98. The number of nitrogens with zero attached hydrogens (tertiary/aromatic N) is 1. The third-order valence-electron chi connectivity index (χ3n) is 3.66. The van der Waals surface area contributed by atoms with Crippen LogP contribution in [0.1, 0.15) is 31.4 Å². The van der Waals surface area contributed by atoms with E-state index in [1.54, 1.807) is 14.2 Å². The van der Waals surface area contributed by atoms with Gasteiger partial charge < -0.3 is 24.8 Å². The Balaban J connectivity index is 2.01. The van der Waals surface area contributed by atoms with Crippen molar-refractivity contribution < 1.29 is 14.2 Å². The Morgan fingerprint density at radius 1 is 1.00 bits per heavy atom. The van der Waals surface area contributed by atoms with Gasteiger partial charge in [-0.1, -0.05) is 30.3 Å². The molecule has 0 saturated carbocycles. The lowest BCUT2D eigenvalue weighted by Gasteiger charge is -2.15. The normalized spacial score (nSPS) is 12.8. The molecule has 25 heavy (non-hydrogen) atoms. The van der Waals surface area contributed by atoms with Crippen molar-refractivity contribution in [2.75, 3.05) is 53.7 Å². The Morgan fingerprint density at radius 3 is 2.32 bits per heavy atom. The molecule has 0 saturated heterocycles. The molecule has 1 aromatic carbocycles. The first-order valence-electron chi connectivity index (χ1n) is 8.95. The number of hydrogen-bond donors (Lipinski definition) is 2. The standard InChI is InChI=1S/C19H33N3O3/c1-17(18-9-5-4-6-10-18)25-14-8-12-22-19(20-2)21-11-7-13-24-16-15-23-3/h4-6,9-10,17H,7-8,11-16H2,1-3H3,(H2,20,21,22). The van der Waals surface area contributed by atoms with Gasteiger partial charge in [0.1, 0.15) is 0 Å². The lowest BCUT2D eigenvalue weighted by molar-refractivity contribution is 0.0646. The van der Waals surface area contributed by atoms with Gasteiger partial charge in [0.05, 0.1) is 19.3 Å². The lowest BCUT2D eigenvalue weighted by Crippen LogP contribution is -2.38. The average Bonchev–Trinajstić information content (AvgIpc) is 2.65. The van der Waals surface area contributed by atoms with Crippen LogP contribution in [0.2, 0.25) is 0 Å². The van der Waals surface area contributed by atoms with Gasteiger partial charge in [-0.3, -0.25) is 4.99 Å². The summed E-state index contributed by atoms with van der Waals surface area (Å²) >= 11 is 0. The predicted octanol–water partition coefficient (Wildman–Crippen LogP) is 2.37. The number of guanidine groups is 1. The van der Waals surface area contributed by atoms with Crippen LogP contribution in [0.5, 0.6) is 0 Å². The smallest absolute Gasteiger partial charge is 0.190 e. The molecule has 0 aromatic heterocycles. The Kier molecular flexibility index (Phi) is 12.6. The van der Waals surface area contributed by atoms with E-state index in [0.29, 0.717) is 19.8 Å². The summed E-state index contributed by atoms with van der Waals surface area (Å²) in [6, 6.07) is 10.3. The van der Waals surface area contributed by atoms with Gasteiger partial charge in [0.15, 0.2) is 5.96 Å². The average molecular weight is 351 g/mol. The van der Waals surface area contributed by atoms with Gasteiger partial charge in [-0.25, -0.2) is 0 Å². The fourth-order valence-electron chi connectivity index (χ4n) is 2.21. The van der Waals surface area contributed by atoms with E-state index in [1.807, 2.05) is 18.2 Å². The number of aliphatic imine (C=N–C) groups is 1. The molecule has 0 aliphatic heterocycles. The van der Waals surface area contributed by atoms with Crippen LogP contribution in [0.4, 0.5) is 0 Å². The zero-order valence-corrected chi connectivity index (χ0v) is 15.8. The van der Waals surface area contributed by atoms with Crippen LogP contribution in [0.25, 0.3) is 0 Å². The molecule has 1 atom stereocenters. The number of nitrogens with one attached hydrogen (secondary N) is 2. The molecule has 0 bridgehead atoms. The molecular weight excluding hydrogens is 318 g/mol. The van der Waals surface area contributed by atoms with Crippen LogP contribution in [-0.4, -0.2) is 59.6 Å². The summed E-state index contributed by atoms with van der Waals surface area (Å²) < 4.78 is 16.2. The molecule has 0 amide bonds. The summed E-state index contributed by atoms with van der Waals surface area (Å²) in [6.45, 7) is 6.45. The van der Waals surface area contributed by atoms with Gasteiger partial charge in [0.25, 0.3) is 0 Å². The van der Waals surface area contributed by atoms with Gasteiger partial charge in [0.2, 0.25) is 0 Å². The molecule has 0 fully saturated rings. The molecule has 1 rings (SSSR count). The van der Waals surface area contributed by atoms with Crippen molar-refractivity contribution in [3.63, 3.8) is 0 Å². The van der Waals surface area contributed by atoms with E-state index >= 15 is 0 Å². The number of rotatable bonds is 13. The van der Waals surface area contributed by atoms with Gasteiger partial charge in [-0.2, -0.15) is 0 Å².